The maximum atomic E-state index is 5.87. The van der Waals surface area contributed by atoms with Gasteiger partial charge >= 0.3 is 0 Å². The van der Waals surface area contributed by atoms with Crippen molar-refractivity contribution in [3.63, 3.8) is 0 Å². The van der Waals surface area contributed by atoms with Crippen molar-refractivity contribution in [2.45, 2.75) is 32.9 Å². The Morgan fingerprint density at radius 3 is 2.74 bits per heavy atom. The van der Waals surface area contributed by atoms with E-state index in [0.717, 1.165) is 5.69 Å². The van der Waals surface area contributed by atoms with Crippen LogP contribution in [0.15, 0.2) is 18.2 Å². The van der Waals surface area contributed by atoms with Gasteiger partial charge in [-0.2, -0.15) is 5.21 Å². The van der Waals surface area contributed by atoms with E-state index in [1.54, 1.807) is 0 Å². The van der Waals surface area contributed by atoms with E-state index in [2.05, 4.69) is 25.9 Å². The number of hydrogen-bond acceptors (Lipinski definition) is 6. The SMILES string of the molecule is CC(C)Oc1cc(NC(C)c2nn[nH]n2)ccc1N. The zero-order valence-electron chi connectivity index (χ0n) is 11.2. The van der Waals surface area contributed by atoms with Crippen LogP contribution < -0.4 is 15.8 Å². The minimum absolute atomic E-state index is 0.0609. The molecule has 102 valence electrons. The van der Waals surface area contributed by atoms with Crippen molar-refractivity contribution in [3.05, 3.63) is 24.0 Å². The van der Waals surface area contributed by atoms with Crippen LogP contribution in [0.4, 0.5) is 11.4 Å². The summed E-state index contributed by atoms with van der Waals surface area (Å²) in [6, 6.07) is 5.50. The van der Waals surface area contributed by atoms with Gasteiger partial charge < -0.3 is 15.8 Å². The van der Waals surface area contributed by atoms with Crippen molar-refractivity contribution in [2.24, 2.45) is 0 Å². The van der Waals surface area contributed by atoms with Gasteiger partial charge in [0.05, 0.1) is 17.8 Å². The summed E-state index contributed by atoms with van der Waals surface area (Å²) in [5.74, 6) is 1.27. The quantitative estimate of drug-likeness (QED) is 0.709. The fourth-order valence-corrected chi connectivity index (χ4v) is 1.65. The molecule has 19 heavy (non-hydrogen) atoms. The zero-order valence-corrected chi connectivity index (χ0v) is 11.2. The lowest BCUT2D eigenvalue weighted by atomic mass is 10.2. The summed E-state index contributed by atoms with van der Waals surface area (Å²) in [7, 11) is 0. The predicted molar refractivity (Wildman–Crippen MR) is 72.8 cm³/mol. The number of nitrogen functional groups attached to an aromatic ring is 1. The van der Waals surface area contributed by atoms with Crippen molar-refractivity contribution in [3.8, 4) is 5.75 Å². The highest BCUT2D eigenvalue weighted by Crippen LogP contribution is 2.28. The topological polar surface area (TPSA) is 102 Å². The van der Waals surface area contributed by atoms with Gasteiger partial charge in [0.1, 0.15) is 5.75 Å². The van der Waals surface area contributed by atoms with Crippen LogP contribution in [0.3, 0.4) is 0 Å². The molecule has 0 aliphatic carbocycles. The van der Waals surface area contributed by atoms with E-state index in [9.17, 15) is 0 Å². The maximum absolute atomic E-state index is 5.87. The van der Waals surface area contributed by atoms with Crippen molar-refractivity contribution >= 4 is 11.4 Å². The van der Waals surface area contributed by atoms with Gasteiger partial charge in [0.15, 0.2) is 5.82 Å². The number of rotatable bonds is 5. The van der Waals surface area contributed by atoms with Crippen LogP contribution in [0.2, 0.25) is 0 Å². The predicted octanol–water partition coefficient (Wildman–Crippen LogP) is 1.74. The van der Waals surface area contributed by atoms with Gasteiger partial charge in [-0.25, -0.2) is 0 Å². The summed E-state index contributed by atoms with van der Waals surface area (Å²) in [4.78, 5) is 0. The van der Waals surface area contributed by atoms with E-state index in [4.69, 9.17) is 10.5 Å². The second kappa shape index (κ2) is 5.55. The first-order valence-electron chi connectivity index (χ1n) is 6.12. The van der Waals surface area contributed by atoms with Gasteiger partial charge in [0.25, 0.3) is 0 Å². The van der Waals surface area contributed by atoms with Crippen molar-refractivity contribution in [1.29, 1.82) is 0 Å². The fourth-order valence-electron chi connectivity index (χ4n) is 1.65. The van der Waals surface area contributed by atoms with E-state index in [1.165, 1.54) is 0 Å². The number of tetrazole rings is 1. The molecule has 1 heterocycles. The monoisotopic (exact) mass is 262 g/mol. The van der Waals surface area contributed by atoms with E-state index in [-0.39, 0.29) is 12.1 Å². The van der Waals surface area contributed by atoms with Crippen LogP contribution in [-0.4, -0.2) is 26.7 Å². The fraction of sp³-hybridized carbons (Fsp3) is 0.417. The molecule has 4 N–H and O–H groups in total. The van der Waals surface area contributed by atoms with Gasteiger partial charge in [0.2, 0.25) is 0 Å². The number of H-pyrrole nitrogens is 1. The zero-order chi connectivity index (χ0) is 13.8. The largest absolute Gasteiger partial charge is 0.489 e. The lowest BCUT2D eigenvalue weighted by Crippen LogP contribution is -2.10. The third-order valence-corrected chi connectivity index (χ3v) is 2.51. The number of nitrogens with one attached hydrogen (secondary N) is 2. The average molecular weight is 262 g/mol. The first-order chi connectivity index (χ1) is 9.06. The number of nitrogens with zero attached hydrogens (tertiary/aromatic N) is 3. The molecular formula is C12H18N6O. The van der Waals surface area contributed by atoms with Crippen molar-refractivity contribution in [2.75, 3.05) is 11.1 Å². The number of ether oxygens (including phenoxy) is 1. The Hall–Kier alpha value is -2.31. The molecule has 7 heteroatoms. The molecule has 1 aromatic heterocycles. The highest BCUT2D eigenvalue weighted by atomic mass is 16.5. The van der Waals surface area contributed by atoms with Crippen LogP contribution >= 0.6 is 0 Å². The third kappa shape index (κ3) is 3.34. The number of anilines is 2. The minimum atomic E-state index is -0.0609. The average Bonchev–Trinajstić information content (AvgIpc) is 2.86. The third-order valence-electron chi connectivity index (χ3n) is 2.51. The van der Waals surface area contributed by atoms with Crippen LogP contribution in [0, 0.1) is 0 Å². The Labute approximate surface area is 111 Å². The Balaban J connectivity index is 2.12. The molecule has 0 saturated carbocycles. The molecule has 0 amide bonds. The van der Waals surface area contributed by atoms with Gasteiger partial charge in [0, 0.05) is 11.8 Å². The van der Waals surface area contributed by atoms with E-state index >= 15 is 0 Å². The first-order valence-corrected chi connectivity index (χ1v) is 6.12. The molecule has 0 radical (unpaired) electrons. The second-order valence-electron chi connectivity index (χ2n) is 4.56. The second-order valence-corrected chi connectivity index (χ2v) is 4.56. The summed E-state index contributed by atoms with van der Waals surface area (Å²) >= 11 is 0. The molecule has 7 nitrogen and oxygen atoms in total. The molecule has 0 bridgehead atoms. The first kappa shape index (κ1) is 13.1. The van der Waals surface area contributed by atoms with Crippen LogP contribution in [0.25, 0.3) is 0 Å². The standard InChI is InChI=1S/C12H18N6O/c1-7(2)19-11-6-9(4-5-10(11)13)14-8(3)12-15-17-18-16-12/h4-8,14H,13H2,1-3H3,(H,15,16,17,18). The normalized spacial score (nSPS) is 12.4. The molecule has 1 aromatic carbocycles. The summed E-state index contributed by atoms with van der Waals surface area (Å²) in [6.45, 7) is 5.87. The van der Waals surface area contributed by atoms with Gasteiger partial charge in [-0.05, 0) is 32.9 Å². The highest BCUT2D eigenvalue weighted by Gasteiger charge is 2.11. The van der Waals surface area contributed by atoms with Crippen molar-refractivity contribution in [1.82, 2.24) is 20.6 Å². The Kier molecular flexibility index (Phi) is 3.84. The molecule has 1 unspecified atom stereocenters. The Morgan fingerprint density at radius 1 is 1.32 bits per heavy atom. The van der Waals surface area contributed by atoms with Crippen LogP contribution in [-0.2, 0) is 0 Å². The number of benzene rings is 1. The Morgan fingerprint density at radius 2 is 2.11 bits per heavy atom. The lowest BCUT2D eigenvalue weighted by molar-refractivity contribution is 0.244. The molecular weight excluding hydrogens is 244 g/mol. The van der Waals surface area contributed by atoms with Gasteiger partial charge in [-0.15, -0.1) is 10.2 Å². The van der Waals surface area contributed by atoms with E-state index in [1.807, 2.05) is 39.0 Å². The maximum Gasteiger partial charge on any atom is 0.196 e. The van der Waals surface area contributed by atoms with Gasteiger partial charge in [-0.3, -0.25) is 0 Å². The van der Waals surface area contributed by atoms with E-state index in [0.29, 0.717) is 17.3 Å². The number of hydrogen-bond donors (Lipinski definition) is 3. The molecule has 0 saturated heterocycles. The summed E-state index contributed by atoms with van der Waals surface area (Å²) in [5, 5.41) is 17.1. The van der Waals surface area contributed by atoms with Crippen molar-refractivity contribution < 1.29 is 4.74 Å². The summed E-state index contributed by atoms with van der Waals surface area (Å²) in [6.07, 6.45) is 0.0761. The number of nitrogens with two attached hydrogens (primary N) is 1. The molecule has 0 spiro atoms. The molecule has 0 fully saturated rings. The Bertz CT molecular complexity index is 525. The van der Waals surface area contributed by atoms with Crippen LogP contribution in [0.5, 0.6) is 5.75 Å². The number of aromatic amines is 1. The van der Waals surface area contributed by atoms with Crippen LogP contribution in [0.1, 0.15) is 32.6 Å². The highest BCUT2D eigenvalue weighted by molar-refractivity contribution is 5.61. The molecule has 2 rings (SSSR count). The van der Waals surface area contributed by atoms with Gasteiger partial charge in [-0.1, -0.05) is 5.21 Å². The molecule has 1 atom stereocenters. The summed E-state index contributed by atoms with van der Waals surface area (Å²) in [5.41, 5.74) is 7.38. The molecule has 0 aliphatic heterocycles. The van der Waals surface area contributed by atoms with E-state index < -0.39 is 0 Å². The summed E-state index contributed by atoms with van der Waals surface area (Å²) < 4.78 is 5.64. The minimum Gasteiger partial charge on any atom is -0.489 e. The molecule has 2 aromatic rings. The lowest BCUT2D eigenvalue weighted by Gasteiger charge is -2.16. The molecule has 0 aliphatic rings. The number of aromatic nitrogens is 4. The smallest absolute Gasteiger partial charge is 0.196 e.